The summed E-state index contributed by atoms with van der Waals surface area (Å²) in [4.78, 5) is 11.7. The van der Waals surface area contributed by atoms with E-state index in [-0.39, 0.29) is 11.5 Å². The number of hydrogen-bond donors (Lipinski definition) is 1. The Labute approximate surface area is 113 Å². The van der Waals surface area contributed by atoms with Gasteiger partial charge in [-0.1, -0.05) is 31.2 Å². The Kier molecular flexibility index (Phi) is 6.34. The molecule has 4 heteroatoms. The number of nitrogens with one attached hydrogen (secondary N) is 1. The maximum atomic E-state index is 11.7. The van der Waals surface area contributed by atoms with Crippen molar-refractivity contribution < 1.29 is 9.53 Å². The van der Waals surface area contributed by atoms with E-state index in [1.807, 2.05) is 30.3 Å². The molecule has 0 saturated heterocycles. The molecule has 0 aliphatic carbocycles. The summed E-state index contributed by atoms with van der Waals surface area (Å²) in [5.41, 5.74) is 2.16. The summed E-state index contributed by atoms with van der Waals surface area (Å²) < 4.78 is 4.83. The van der Waals surface area contributed by atoms with E-state index in [9.17, 15) is 4.79 Å². The Balaban J connectivity index is 2.75. The number of aryl methyl sites for hydroxylation is 1. The number of carbonyl (C=O) groups excluding carboxylic acids is 1. The zero-order valence-corrected chi connectivity index (χ0v) is 11.3. The normalized spacial score (nSPS) is 10.9. The van der Waals surface area contributed by atoms with Gasteiger partial charge in [0.25, 0.3) is 5.91 Å². The van der Waals surface area contributed by atoms with Crippen LogP contribution in [0.4, 0.5) is 0 Å². The van der Waals surface area contributed by atoms with Crippen LogP contribution in [0, 0.1) is 11.3 Å². The highest BCUT2D eigenvalue weighted by Crippen LogP contribution is 2.09. The maximum absolute atomic E-state index is 11.7. The number of nitrogens with zero attached hydrogens (tertiary/aromatic N) is 1. The summed E-state index contributed by atoms with van der Waals surface area (Å²) in [7, 11) is 1.56. The van der Waals surface area contributed by atoms with Crippen molar-refractivity contribution in [3.05, 3.63) is 41.0 Å². The van der Waals surface area contributed by atoms with E-state index in [2.05, 4.69) is 12.2 Å². The van der Waals surface area contributed by atoms with E-state index in [1.165, 1.54) is 5.56 Å². The van der Waals surface area contributed by atoms with Crippen LogP contribution in [0.5, 0.6) is 0 Å². The van der Waals surface area contributed by atoms with Gasteiger partial charge in [0.05, 0.1) is 6.61 Å². The number of benzene rings is 1. The number of rotatable bonds is 6. The molecule has 0 saturated carbocycles. The molecule has 0 spiro atoms. The maximum Gasteiger partial charge on any atom is 0.262 e. The first-order valence-electron chi connectivity index (χ1n) is 6.19. The monoisotopic (exact) mass is 258 g/mol. The molecule has 100 valence electrons. The average molecular weight is 258 g/mol. The third-order valence-corrected chi connectivity index (χ3v) is 2.66. The molecule has 0 radical (unpaired) electrons. The van der Waals surface area contributed by atoms with E-state index in [4.69, 9.17) is 10.00 Å². The molecule has 1 rings (SSSR count). The van der Waals surface area contributed by atoms with Crippen molar-refractivity contribution >= 4 is 12.0 Å². The standard InChI is InChI=1S/C15H18N2O2/c1-3-12-4-6-13(7-5-12)10-14(11-16)15(18)17-8-9-19-2/h4-7,10H,3,8-9H2,1-2H3,(H,17,18)/b14-10-. The largest absolute Gasteiger partial charge is 0.383 e. The Morgan fingerprint density at radius 3 is 2.63 bits per heavy atom. The minimum absolute atomic E-state index is 0.0975. The highest BCUT2D eigenvalue weighted by Gasteiger charge is 2.07. The van der Waals surface area contributed by atoms with E-state index in [0.29, 0.717) is 13.2 Å². The number of nitriles is 1. The molecule has 0 heterocycles. The van der Waals surface area contributed by atoms with Crippen LogP contribution in [0.2, 0.25) is 0 Å². The van der Waals surface area contributed by atoms with Crippen LogP contribution < -0.4 is 5.32 Å². The summed E-state index contributed by atoms with van der Waals surface area (Å²) in [6.07, 6.45) is 2.55. The van der Waals surface area contributed by atoms with E-state index in [0.717, 1.165) is 12.0 Å². The Hall–Kier alpha value is -2.12. The minimum atomic E-state index is -0.376. The topological polar surface area (TPSA) is 62.1 Å². The SMILES string of the molecule is CCc1ccc(/C=C(/C#N)C(=O)NCCOC)cc1. The van der Waals surface area contributed by atoms with Crippen LogP contribution in [0.25, 0.3) is 6.08 Å². The van der Waals surface area contributed by atoms with Crippen molar-refractivity contribution in [2.45, 2.75) is 13.3 Å². The second-order valence-electron chi connectivity index (χ2n) is 4.01. The summed E-state index contributed by atoms with van der Waals surface area (Å²) >= 11 is 0. The molecule has 1 aromatic rings. The van der Waals surface area contributed by atoms with Crippen molar-refractivity contribution in [2.24, 2.45) is 0 Å². The average Bonchev–Trinajstić information content (AvgIpc) is 2.45. The Morgan fingerprint density at radius 2 is 2.11 bits per heavy atom. The van der Waals surface area contributed by atoms with E-state index in [1.54, 1.807) is 13.2 Å². The molecule has 0 aliphatic heterocycles. The lowest BCUT2D eigenvalue weighted by Gasteiger charge is -2.03. The van der Waals surface area contributed by atoms with Gasteiger partial charge in [0.15, 0.2) is 0 Å². The Bertz CT molecular complexity index is 484. The van der Waals surface area contributed by atoms with Gasteiger partial charge in [-0.3, -0.25) is 4.79 Å². The van der Waals surface area contributed by atoms with Crippen molar-refractivity contribution in [3.8, 4) is 6.07 Å². The molecule has 0 unspecified atom stereocenters. The van der Waals surface area contributed by atoms with Gasteiger partial charge < -0.3 is 10.1 Å². The summed E-state index contributed by atoms with van der Waals surface area (Å²) in [5.74, 6) is -0.376. The third kappa shape index (κ3) is 4.94. The molecule has 1 amide bonds. The quantitative estimate of drug-likeness (QED) is 0.481. The van der Waals surface area contributed by atoms with Crippen molar-refractivity contribution in [1.82, 2.24) is 5.32 Å². The number of carbonyl (C=O) groups is 1. The molecule has 19 heavy (non-hydrogen) atoms. The van der Waals surface area contributed by atoms with Crippen LogP contribution in [0.3, 0.4) is 0 Å². The number of amides is 1. The number of ether oxygens (including phenoxy) is 1. The summed E-state index contributed by atoms with van der Waals surface area (Å²) in [6.45, 7) is 2.90. The van der Waals surface area contributed by atoms with Gasteiger partial charge in [0, 0.05) is 13.7 Å². The van der Waals surface area contributed by atoms with Crippen LogP contribution >= 0.6 is 0 Å². The zero-order valence-electron chi connectivity index (χ0n) is 11.3. The van der Waals surface area contributed by atoms with Gasteiger partial charge in [0.2, 0.25) is 0 Å². The van der Waals surface area contributed by atoms with Gasteiger partial charge in [-0.2, -0.15) is 5.26 Å². The highest BCUT2D eigenvalue weighted by molar-refractivity contribution is 6.01. The van der Waals surface area contributed by atoms with Crippen LogP contribution in [-0.2, 0) is 16.0 Å². The predicted molar refractivity (Wildman–Crippen MR) is 74.3 cm³/mol. The lowest BCUT2D eigenvalue weighted by atomic mass is 10.1. The van der Waals surface area contributed by atoms with Crippen molar-refractivity contribution in [2.75, 3.05) is 20.3 Å². The first kappa shape index (κ1) is 14.9. The van der Waals surface area contributed by atoms with Gasteiger partial charge >= 0.3 is 0 Å². The lowest BCUT2D eigenvalue weighted by molar-refractivity contribution is -0.117. The fourth-order valence-corrected chi connectivity index (χ4v) is 1.53. The summed E-state index contributed by atoms with van der Waals surface area (Å²) in [6, 6.07) is 9.70. The van der Waals surface area contributed by atoms with Gasteiger partial charge in [-0.05, 0) is 23.6 Å². The Morgan fingerprint density at radius 1 is 1.42 bits per heavy atom. The number of hydrogen-bond acceptors (Lipinski definition) is 3. The van der Waals surface area contributed by atoms with Crippen LogP contribution in [0.15, 0.2) is 29.8 Å². The smallest absolute Gasteiger partial charge is 0.262 e. The predicted octanol–water partition coefficient (Wildman–Crippen LogP) is 1.92. The number of methoxy groups -OCH3 is 1. The molecule has 4 nitrogen and oxygen atoms in total. The van der Waals surface area contributed by atoms with Gasteiger partial charge in [-0.25, -0.2) is 0 Å². The fourth-order valence-electron chi connectivity index (χ4n) is 1.53. The first-order chi connectivity index (χ1) is 9.21. The fraction of sp³-hybridized carbons (Fsp3) is 0.333. The molecule has 1 aromatic carbocycles. The highest BCUT2D eigenvalue weighted by atomic mass is 16.5. The lowest BCUT2D eigenvalue weighted by Crippen LogP contribution is -2.27. The molecule has 0 bridgehead atoms. The molecule has 1 N–H and O–H groups in total. The molecule has 0 aromatic heterocycles. The third-order valence-electron chi connectivity index (χ3n) is 2.66. The zero-order chi connectivity index (χ0) is 14.1. The molecule has 0 aliphatic rings. The van der Waals surface area contributed by atoms with Crippen LogP contribution in [-0.4, -0.2) is 26.2 Å². The molecular formula is C15H18N2O2. The second kappa shape index (κ2) is 8.06. The van der Waals surface area contributed by atoms with Crippen LogP contribution in [0.1, 0.15) is 18.1 Å². The minimum Gasteiger partial charge on any atom is -0.383 e. The van der Waals surface area contributed by atoms with Gasteiger partial charge in [-0.15, -0.1) is 0 Å². The molecular weight excluding hydrogens is 240 g/mol. The van der Waals surface area contributed by atoms with Crippen molar-refractivity contribution in [3.63, 3.8) is 0 Å². The van der Waals surface area contributed by atoms with E-state index < -0.39 is 0 Å². The van der Waals surface area contributed by atoms with E-state index >= 15 is 0 Å². The van der Waals surface area contributed by atoms with Gasteiger partial charge in [0.1, 0.15) is 11.6 Å². The van der Waals surface area contributed by atoms with Crippen molar-refractivity contribution in [1.29, 1.82) is 5.26 Å². The first-order valence-corrected chi connectivity index (χ1v) is 6.19. The molecule has 0 atom stereocenters. The molecule has 0 fully saturated rings. The second-order valence-corrected chi connectivity index (χ2v) is 4.01. The summed E-state index contributed by atoms with van der Waals surface area (Å²) in [5, 5.41) is 11.6.